The van der Waals surface area contributed by atoms with Crippen molar-refractivity contribution < 1.29 is 23.8 Å². The maximum atomic E-state index is 13.3. The van der Waals surface area contributed by atoms with Crippen LogP contribution in [0.2, 0.25) is 0 Å². The van der Waals surface area contributed by atoms with Crippen LogP contribution >= 0.6 is 15.9 Å². The Bertz CT molecular complexity index is 564. The number of ether oxygens (including phenoxy) is 2. The van der Waals surface area contributed by atoms with Gasteiger partial charge in [-0.05, 0) is 54.4 Å². The first-order valence-electron chi connectivity index (χ1n) is 6.64. The molecule has 0 aliphatic carbocycles. The minimum Gasteiger partial charge on any atom is -0.478 e. The monoisotopic (exact) mass is 376 g/mol. The summed E-state index contributed by atoms with van der Waals surface area (Å²) >= 11 is 3.05. The summed E-state index contributed by atoms with van der Waals surface area (Å²) in [6, 6.07) is 4.02. The molecule has 0 heterocycles. The van der Waals surface area contributed by atoms with E-state index in [1.165, 1.54) is 25.1 Å². The zero-order valence-electron chi connectivity index (χ0n) is 12.5. The van der Waals surface area contributed by atoms with E-state index in [0.29, 0.717) is 5.56 Å². The number of halogens is 2. The minimum atomic E-state index is -1.66. The quantitative estimate of drug-likeness (QED) is 0.470. The van der Waals surface area contributed by atoms with Crippen molar-refractivity contribution in [3.05, 3.63) is 34.1 Å². The van der Waals surface area contributed by atoms with E-state index in [1.54, 1.807) is 13.8 Å². The summed E-state index contributed by atoms with van der Waals surface area (Å²) in [4.78, 5) is 11.3. The highest BCUT2D eigenvalue weighted by atomic mass is 79.9. The molecule has 0 saturated heterocycles. The second-order valence-electron chi connectivity index (χ2n) is 4.38. The van der Waals surface area contributed by atoms with Gasteiger partial charge in [0.05, 0.1) is 17.7 Å². The van der Waals surface area contributed by atoms with E-state index in [2.05, 4.69) is 31.2 Å². The molecule has 0 aliphatic heterocycles. The molecule has 2 N–H and O–H groups in total. The van der Waals surface area contributed by atoms with Crippen LogP contribution in [0.5, 0.6) is 0 Å². The lowest BCUT2D eigenvalue weighted by Gasteiger charge is -2.25. The van der Waals surface area contributed by atoms with Crippen LogP contribution < -0.4 is 5.43 Å². The maximum absolute atomic E-state index is 13.3. The van der Waals surface area contributed by atoms with Crippen molar-refractivity contribution in [3.63, 3.8) is 0 Å². The fourth-order valence-corrected chi connectivity index (χ4v) is 1.98. The lowest BCUT2D eigenvalue weighted by Crippen LogP contribution is -2.37. The van der Waals surface area contributed by atoms with Gasteiger partial charge in [0.25, 0.3) is 0 Å². The fraction of sp³-hybridized carbons (Fsp3) is 0.429. The van der Waals surface area contributed by atoms with Crippen LogP contribution in [0, 0.1) is 5.82 Å². The van der Waals surface area contributed by atoms with Crippen LogP contribution in [0.4, 0.5) is 9.18 Å². The maximum Gasteiger partial charge on any atom is 0.427 e. The Kier molecular flexibility index (Phi) is 6.76. The molecular formula is C14H18BrFN2O4. The van der Waals surface area contributed by atoms with Gasteiger partial charge in [-0.15, -0.1) is 5.10 Å². The number of rotatable bonds is 5. The van der Waals surface area contributed by atoms with Gasteiger partial charge < -0.3 is 14.6 Å². The van der Waals surface area contributed by atoms with Crippen LogP contribution in [-0.4, -0.2) is 30.3 Å². The first kappa shape index (κ1) is 18.4. The van der Waals surface area contributed by atoms with E-state index < -0.39 is 17.5 Å². The van der Waals surface area contributed by atoms with E-state index in [0.717, 1.165) is 0 Å². The Balaban J connectivity index is 3.08. The van der Waals surface area contributed by atoms with Crippen LogP contribution in [0.3, 0.4) is 0 Å². The SMILES string of the molecule is CCOC(=O)N/N=C(/OCC)C(C)(O)c1ccc(F)c(Br)c1. The number of amides is 1. The molecule has 22 heavy (non-hydrogen) atoms. The predicted octanol–water partition coefficient (Wildman–Crippen LogP) is 2.89. The van der Waals surface area contributed by atoms with E-state index in [4.69, 9.17) is 4.74 Å². The molecule has 1 unspecified atom stereocenters. The van der Waals surface area contributed by atoms with Crippen molar-refractivity contribution in [3.8, 4) is 0 Å². The molecule has 0 fully saturated rings. The van der Waals surface area contributed by atoms with Gasteiger partial charge in [0.1, 0.15) is 5.82 Å². The third kappa shape index (κ3) is 4.67. The molecule has 1 amide bonds. The molecule has 0 aliphatic rings. The molecule has 0 spiro atoms. The Hall–Kier alpha value is -1.67. The summed E-state index contributed by atoms with van der Waals surface area (Å²) < 4.78 is 23.5. The Morgan fingerprint density at radius 1 is 1.41 bits per heavy atom. The number of benzene rings is 1. The van der Waals surface area contributed by atoms with Gasteiger partial charge >= 0.3 is 6.09 Å². The summed E-state index contributed by atoms with van der Waals surface area (Å²) in [6.07, 6.45) is -0.768. The Labute approximate surface area is 136 Å². The third-order valence-corrected chi connectivity index (χ3v) is 3.31. The van der Waals surface area contributed by atoms with E-state index in [-0.39, 0.29) is 23.6 Å². The number of nitrogens with one attached hydrogen (secondary N) is 1. The Morgan fingerprint density at radius 2 is 2.05 bits per heavy atom. The van der Waals surface area contributed by atoms with Crippen LogP contribution in [-0.2, 0) is 15.1 Å². The number of carbonyl (C=O) groups excluding carboxylic acids is 1. The fourth-order valence-electron chi connectivity index (χ4n) is 1.60. The molecule has 0 aromatic heterocycles. The summed E-state index contributed by atoms with van der Waals surface area (Å²) in [5, 5.41) is 14.4. The van der Waals surface area contributed by atoms with Gasteiger partial charge in [0.2, 0.25) is 5.90 Å². The second kappa shape index (κ2) is 8.09. The van der Waals surface area contributed by atoms with Crippen LogP contribution in [0.25, 0.3) is 0 Å². The molecule has 1 aromatic carbocycles. The third-order valence-electron chi connectivity index (χ3n) is 2.70. The molecule has 6 nitrogen and oxygen atoms in total. The molecule has 1 atom stereocenters. The number of hydrazone groups is 1. The lowest BCUT2D eigenvalue weighted by atomic mass is 9.96. The smallest absolute Gasteiger partial charge is 0.427 e. The van der Waals surface area contributed by atoms with Crippen molar-refractivity contribution in [2.45, 2.75) is 26.4 Å². The number of hydrogen-bond acceptors (Lipinski definition) is 5. The first-order chi connectivity index (χ1) is 10.3. The number of aliphatic hydroxyl groups is 1. The average molecular weight is 377 g/mol. The zero-order chi connectivity index (χ0) is 16.8. The van der Waals surface area contributed by atoms with Crippen LogP contribution in [0.1, 0.15) is 26.3 Å². The van der Waals surface area contributed by atoms with Crippen molar-refractivity contribution >= 4 is 27.9 Å². The van der Waals surface area contributed by atoms with Gasteiger partial charge in [-0.2, -0.15) is 0 Å². The van der Waals surface area contributed by atoms with E-state index >= 15 is 0 Å². The van der Waals surface area contributed by atoms with Crippen molar-refractivity contribution in [1.82, 2.24) is 5.43 Å². The number of carbonyl (C=O) groups is 1. The van der Waals surface area contributed by atoms with Crippen molar-refractivity contribution in [2.24, 2.45) is 5.10 Å². The van der Waals surface area contributed by atoms with Crippen LogP contribution in [0.15, 0.2) is 27.8 Å². The highest BCUT2D eigenvalue weighted by molar-refractivity contribution is 9.10. The molecule has 1 aromatic rings. The molecule has 0 radical (unpaired) electrons. The van der Waals surface area contributed by atoms with Gasteiger partial charge in [-0.1, -0.05) is 6.07 Å². The normalized spacial score (nSPS) is 14.2. The molecular weight excluding hydrogens is 359 g/mol. The van der Waals surface area contributed by atoms with E-state index in [9.17, 15) is 14.3 Å². The van der Waals surface area contributed by atoms with Gasteiger partial charge in [-0.3, -0.25) is 0 Å². The average Bonchev–Trinajstić information content (AvgIpc) is 2.46. The molecule has 0 saturated carbocycles. The first-order valence-corrected chi connectivity index (χ1v) is 7.43. The van der Waals surface area contributed by atoms with Gasteiger partial charge in [0, 0.05) is 0 Å². The summed E-state index contributed by atoms with van der Waals surface area (Å²) in [5.41, 5.74) is 0.811. The molecule has 0 bridgehead atoms. The standard InChI is InChI=1S/C14H18BrFN2O4/c1-4-21-12(17-18-13(19)22-5-2)14(3,20)9-6-7-11(16)10(15)8-9/h6-8,20H,4-5H2,1-3H3,(H,18,19)/b17-12+. The summed E-state index contributed by atoms with van der Waals surface area (Å²) in [5.74, 6) is -0.597. The molecule has 8 heteroatoms. The molecule has 122 valence electrons. The van der Waals surface area contributed by atoms with Crippen molar-refractivity contribution in [2.75, 3.05) is 13.2 Å². The highest BCUT2D eigenvalue weighted by Gasteiger charge is 2.33. The topological polar surface area (TPSA) is 80.2 Å². The largest absolute Gasteiger partial charge is 0.478 e. The van der Waals surface area contributed by atoms with Gasteiger partial charge in [0.15, 0.2) is 5.60 Å². The zero-order valence-corrected chi connectivity index (χ0v) is 14.1. The summed E-state index contributed by atoms with van der Waals surface area (Å²) in [6.45, 7) is 5.19. The van der Waals surface area contributed by atoms with E-state index in [1.807, 2.05) is 0 Å². The summed E-state index contributed by atoms with van der Waals surface area (Å²) in [7, 11) is 0. The Morgan fingerprint density at radius 3 is 2.59 bits per heavy atom. The lowest BCUT2D eigenvalue weighted by molar-refractivity contribution is 0.0944. The minimum absolute atomic E-state index is 0.137. The second-order valence-corrected chi connectivity index (χ2v) is 5.24. The highest BCUT2D eigenvalue weighted by Crippen LogP contribution is 2.27. The number of hydrogen-bond donors (Lipinski definition) is 2. The molecule has 1 rings (SSSR count). The predicted molar refractivity (Wildman–Crippen MR) is 82.9 cm³/mol. The number of nitrogens with zero attached hydrogens (tertiary/aromatic N) is 1. The van der Waals surface area contributed by atoms with Gasteiger partial charge in [-0.25, -0.2) is 14.6 Å². The van der Waals surface area contributed by atoms with Crippen molar-refractivity contribution in [1.29, 1.82) is 0 Å².